The van der Waals surface area contributed by atoms with E-state index in [0.29, 0.717) is 18.4 Å². The Labute approximate surface area is 142 Å². The molecular weight excluding hydrogens is 310 g/mol. The van der Waals surface area contributed by atoms with Gasteiger partial charge in [0.25, 0.3) is 0 Å². The van der Waals surface area contributed by atoms with E-state index in [1.807, 2.05) is 0 Å². The summed E-state index contributed by atoms with van der Waals surface area (Å²) in [6.07, 6.45) is 9.16. The molecule has 0 saturated heterocycles. The SMILES string of the molecule is CCc1nc2c(s1)[C@H](OC(=O)CC1CCC(OC)CC1)CCC2. The molecule has 0 amide bonds. The van der Waals surface area contributed by atoms with Crippen LogP contribution in [0.25, 0.3) is 0 Å². The molecule has 0 aromatic carbocycles. The number of aromatic nitrogens is 1. The van der Waals surface area contributed by atoms with Crippen LogP contribution >= 0.6 is 11.3 Å². The van der Waals surface area contributed by atoms with Gasteiger partial charge in [0.1, 0.15) is 6.10 Å². The van der Waals surface area contributed by atoms with Crippen LogP contribution in [0, 0.1) is 5.92 Å². The van der Waals surface area contributed by atoms with E-state index in [-0.39, 0.29) is 12.1 Å². The first-order chi connectivity index (χ1) is 11.2. The van der Waals surface area contributed by atoms with Gasteiger partial charge in [-0.3, -0.25) is 4.79 Å². The zero-order chi connectivity index (χ0) is 16.2. The molecule has 0 unspecified atom stereocenters. The normalized spacial score (nSPS) is 27.5. The van der Waals surface area contributed by atoms with Crippen LogP contribution in [0.4, 0.5) is 0 Å². The first-order valence-corrected chi connectivity index (χ1v) is 9.72. The third kappa shape index (κ3) is 4.13. The molecule has 3 rings (SSSR count). The van der Waals surface area contributed by atoms with E-state index in [9.17, 15) is 4.79 Å². The molecule has 1 atom stereocenters. The molecule has 0 aliphatic heterocycles. The van der Waals surface area contributed by atoms with Crippen molar-refractivity contribution in [1.82, 2.24) is 4.98 Å². The van der Waals surface area contributed by atoms with Crippen molar-refractivity contribution in [3.05, 3.63) is 15.6 Å². The van der Waals surface area contributed by atoms with Gasteiger partial charge in [-0.1, -0.05) is 6.92 Å². The Morgan fingerprint density at radius 3 is 2.74 bits per heavy atom. The molecule has 128 valence electrons. The predicted molar refractivity (Wildman–Crippen MR) is 90.6 cm³/mol. The highest BCUT2D eigenvalue weighted by Crippen LogP contribution is 2.37. The zero-order valence-electron chi connectivity index (χ0n) is 14.2. The maximum Gasteiger partial charge on any atom is 0.306 e. The van der Waals surface area contributed by atoms with E-state index in [0.717, 1.165) is 62.1 Å². The molecule has 1 saturated carbocycles. The number of methoxy groups -OCH3 is 1. The monoisotopic (exact) mass is 337 g/mol. The Bertz CT molecular complexity index is 534. The topological polar surface area (TPSA) is 48.4 Å². The number of rotatable bonds is 5. The van der Waals surface area contributed by atoms with Crippen molar-refractivity contribution in [3.63, 3.8) is 0 Å². The minimum atomic E-state index is -0.0561. The summed E-state index contributed by atoms with van der Waals surface area (Å²) in [4.78, 5) is 18.2. The second-order valence-electron chi connectivity index (χ2n) is 6.73. The first kappa shape index (κ1) is 16.9. The van der Waals surface area contributed by atoms with Crippen LogP contribution in [0.5, 0.6) is 0 Å². The lowest BCUT2D eigenvalue weighted by Gasteiger charge is -2.28. The predicted octanol–water partition coefficient (Wildman–Crippen LogP) is 4.22. The lowest BCUT2D eigenvalue weighted by atomic mass is 9.85. The summed E-state index contributed by atoms with van der Waals surface area (Å²) < 4.78 is 11.2. The fourth-order valence-electron chi connectivity index (χ4n) is 3.71. The number of hydrogen-bond donors (Lipinski definition) is 0. The maximum atomic E-state index is 12.3. The molecular formula is C18H27NO3S. The Balaban J connectivity index is 1.54. The van der Waals surface area contributed by atoms with Crippen LogP contribution in [0.15, 0.2) is 0 Å². The van der Waals surface area contributed by atoms with Crippen molar-refractivity contribution in [3.8, 4) is 0 Å². The van der Waals surface area contributed by atoms with Crippen molar-refractivity contribution in [2.75, 3.05) is 7.11 Å². The molecule has 0 N–H and O–H groups in total. The van der Waals surface area contributed by atoms with Gasteiger partial charge in [0.2, 0.25) is 0 Å². The first-order valence-electron chi connectivity index (χ1n) is 8.90. The molecule has 2 aliphatic rings. The molecule has 1 aromatic rings. The summed E-state index contributed by atoms with van der Waals surface area (Å²) in [7, 11) is 1.78. The molecule has 1 heterocycles. The van der Waals surface area contributed by atoms with Crippen LogP contribution < -0.4 is 0 Å². The molecule has 0 bridgehead atoms. The van der Waals surface area contributed by atoms with Crippen LogP contribution in [0.1, 0.15) is 73.6 Å². The third-order valence-corrected chi connectivity index (χ3v) is 6.44. The van der Waals surface area contributed by atoms with Gasteiger partial charge in [0.15, 0.2) is 0 Å². The van der Waals surface area contributed by atoms with E-state index in [2.05, 4.69) is 11.9 Å². The molecule has 23 heavy (non-hydrogen) atoms. The average molecular weight is 337 g/mol. The second kappa shape index (κ2) is 7.75. The van der Waals surface area contributed by atoms with Crippen molar-refractivity contribution in [2.24, 2.45) is 5.92 Å². The Hall–Kier alpha value is -0.940. The number of ether oxygens (including phenoxy) is 2. The molecule has 0 spiro atoms. The van der Waals surface area contributed by atoms with Crippen LogP contribution in [-0.4, -0.2) is 24.2 Å². The van der Waals surface area contributed by atoms with E-state index in [1.165, 1.54) is 4.88 Å². The fraction of sp³-hybridized carbons (Fsp3) is 0.778. The number of esters is 1. The summed E-state index contributed by atoms with van der Waals surface area (Å²) in [6.45, 7) is 2.13. The van der Waals surface area contributed by atoms with Crippen LogP contribution in [0.2, 0.25) is 0 Å². The highest BCUT2D eigenvalue weighted by molar-refractivity contribution is 7.11. The molecule has 0 radical (unpaired) electrons. The Morgan fingerprint density at radius 1 is 1.26 bits per heavy atom. The summed E-state index contributed by atoms with van der Waals surface area (Å²) in [5.41, 5.74) is 1.16. The number of hydrogen-bond acceptors (Lipinski definition) is 5. The minimum absolute atomic E-state index is 0.0323. The number of aryl methyl sites for hydroxylation is 2. The van der Waals surface area contributed by atoms with Gasteiger partial charge in [-0.05, 0) is 57.3 Å². The Kier molecular flexibility index (Phi) is 5.70. The van der Waals surface area contributed by atoms with Gasteiger partial charge < -0.3 is 9.47 Å². The summed E-state index contributed by atoms with van der Waals surface area (Å²) >= 11 is 1.73. The Morgan fingerprint density at radius 2 is 2.04 bits per heavy atom. The van der Waals surface area contributed by atoms with E-state index >= 15 is 0 Å². The number of thiazole rings is 1. The standard InChI is InChI=1S/C18H27NO3S/c1-3-16-19-14-5-4-6-15(18(14)23-16)22-17(20)11-12-7-9-13(21-2)10-8-12/h12-13,15H,3-11H2,1-2H3/t12?,13?,15-/m1/s1. The fourth-order valence-corrected chi connectivity index (χ4v) is 4.83. The average Bonchev–Trinajstić information content (AvgIpc) is 3.00. The maximum absolute atomic E-state index is 12.3. The highest BCUT2D eigenvalue weighted by atomic mass is 32.1. The summed E-state index contributed by atoms with van der Waals surface area (Å²) in [5.74, 6) is 0.430. The van der Waals surface area contributed by atoms with Crippen molar-refractivity contribution < 1.29 is 14.3 Å². The van der Waals surface area contributed by atoms with Gasteiger partial charge in [0, 0.05) is 13.5 Å². The van der Waals surface area contributed by atoms with E-state index < -0.39 is 0 Å². The van der Waals surface area contributed by atoms with Gasteiger partial charge in [-0.15, -0.1) is 11.3 Å². The summed E-state index contributed by atoms with van der Waals surface area (Å²) in [5, 5.41) is 1.16. The molecule has 2 aliphatic carbocycles. The van der Waals surface area contributed by atoms with Gasteiger partial charge in [-0.2, -0.15) is 0 Å². The van der Waals surface area contributed by atoms with E-state index in [4.69, 9.17) is 9.47 Å². The van der Waals surface area contributed by atoms with Crippen LogP contribution in [0.3, 0.4) is 0 Å². The van der Waals surface area contributed by atoms with Crippen LogP contribution in [-0.2, 0) is 27.1 Å². The number of nitrogens with zero attached hydrogens (tertiary/aromatic N) is 1. The lowest BCUT2D eigenvalue weighted by molar-refractivity contribution is -0.151. The van der Waals surface area contributed by atoms with Gasteiger partial charge in [0.05, 0.1) is 21.7 Å². The number of carbonyl (C=O) groups is 1. The molecule has 1 fully saturated rings. The quantitative estimate of drug-likeness (QED) is 0.755. The molecule has 1 aromatic heterocycles. The zero-order valence-corrected chi connectivity index (χ0v) is 15.0. The second-order valence-corrected chi connectivity index (χ2v) is 7.84. The van der Waals surface area contributed by atoms with Crippen molar-refractivity contribution in [1.29, 1.82) is 0 Å². The smallest absolute Gasteiger partial charge is 0.306 e. The molecule has 5 heteroatoms. The van der Waals surface area contributed by atoms with E-state index in [1.54, 1.807) is 18.4 Å². The molecule has 4 nitrogen and oxygen atoms in total. The van der Waals surface area contributed by atoms with Crippen molar-refractivity contribution in [2.45, 2.75) is 76.9 Å². The number of carbonyl (C=O) groups excluding carboxylic acids is 1. The minimum Gasteiger partial charge on any atom is -0.457 e. The third-order valence-electron chi connectivity index (χ3n) is 5.10. The van der Waals surface area contributed by atoms with Crippen molar-refractivity contribution >= 4 is 17.3 Å². The summed E-state index contributed by atoms with van der Waals surface area (Å²) in [6, 6.07) is 0. The number of fused-ring (bicyclic) bond motifs is 1. The largest absolute Gasteiger partial charge is 0.457 e. The van der Waals surface area contributed by atoms with Gasteiger partial charge >= 0.3 is 5.97 Å². The van der Waals surface area contributed by atoms with Gasteiger partial charge in [-0.25, -0.2) is 4.98 Å². The highest BCUT2D eigenvalue weighted by Gasteiger charge is 2.29. The lowest BCUT2D eigenvalue weighted by Crippen LogP contribution is -2.23.